The molecule has 0 spiro atoms. The maximum absolute atomic E-state index is 11.3. The second-order valence-electron chi connectivity index (χ2n) is 4.72. The third-order valence-electron chi connectivity index (χ3n) is 3.06. The molecule has 1 amide bonds. The molecule has 7 heteroatoms. The van der Waals surface area contributed by atoms with Crippen LogP contribution in [0.4, 0.5) is 4.79 Å². The summed E-state index contributed by atoms with van der Waals surface area (Å²) in [5, 5.41) is 19.3. The Morgan fingerprint density at radius 2 is 2.50 bits per heavy atom. The van der Waals surface area contributed by atoms with Crippen molar-refractivity contribution in [3.05, 3.63) is 16.6 Å². The molecule has 0 saturated carbocycles. The van der Waals surface area contributed by atoms with Crippen molar-refractivity contribution in [2.45, 2.75) is 38.1 Å². The first-order valence-electron chi connectivity index (χ1n) is 5.64. The Morgan fingerprint density at radius 3 is 3.06 bits per heavy atom. The Kier molecular flexibility index (Phi) is 3.56. The molecular weight excluding hydrogens is 256 g/mol. The Hall–Kier alpha value is -1.18. The van der Waals surface area contributed by atoms with Crippen LogP contribution in [0.1, 0.15) is 31.2 Å². The molecule has 1 aromatic heterocycles. The van der Waals surface area contributed by atoms with E-state index < -0.39 is 17.9 Å². The molecule has 1 aromatic rings. The van der Waals surface area contributed by atoms with E-state index in [9.17, 15) is 15.0 Å². The number of hydrogen-bond donors (Lipinski definition) is 2. The molecule has 0 aliphatic carbocycles. The first-order valence-corrected chi connectivity index (χ1v) is 6.52. The van der Waals surface area contributed by atoms with Gasteiger partial charge in [0.15, 0.2) is 0 Å². The highest BCUT2D eigenvalue weighted by atomic mass is 32.1. The van der Waals surface area contributed by atoms with Gasteiger partial charge in [0.25, 0.3) is 0 Å². The summed E-state index contributed by atoms with van der Waals surface area (Å²) in [4.78, 5) is 17.2. The number of hydrogen-bond acceptors (Lipinski definition) is 5. The standard InChI is InChI=1S/C11H16N2O4S/c1-11(2)13(10(15)16)7(5-17-11)3-8(14)9-4-12-6-18-9/h4,6-8,14H,3,5H2,1-2H3,(H,15,16)/t7-,8+/m0/s1. The highest BCUT2D eigenvalue weighted by Crippen LogP contribution is 2.32. The molecule has 0 bridgehead atoms. The lowest BCUT2D eigenvalue weighted by Gasteiger charge is -2.31. The predicted octanol–water partition coefficient (Wildman–Crippen LogP) is 1.68. The van der Waals surface area contributed by atoms with Crippen molar-refractivity contribution in [2.75, 3.05) is 6.61 Å². The van der Waals surface area contributed by atoms with E-state index in [1.54, 1.807) is 25.6 Å². The van der Waals surface area contributed by atoms with Gasteiger partial charge < -0.3 is 14.9 Å². The molecule has 1 fully saturated rings. The zero-order valence-corrected chi connectivity index (χ0v) is 11.1. The van der Waals surface area contributed by atoms with Gasteiger partial charge in [-0.3, -0.25) is 9.88 Å². The number of thiazole rings is 1. The average Bonchev–Trinajstić information content (AvgIpc) is 2.85. The fourth-order valence-electron chi connectivity index (χ4n) is 2.21. The zero-order chi connectivity index (χ0) is 13.3. The van der Waals surface area contributed by atoms with Gasteiger partial charge in [-0.2, -0.15) is 0 Å². The summed E-state index contributed by atoms with van der Waals surface area (Å²) in [6.45, 7) is 3.72. The van der Waals surface area contributed by atoms with Crippen LogP contribution in [-0.2, 0) is 4.74 Å². The van der Waals surface area contributed by atoms with E-state index in [2.05, 4.69) is 4.98 Å². The molecule has 2 rings (SSSR count). The van der Waals surface area contributed by atoms with Gasteiger partial charge >= 0.3 is 6.09 Å². The van der Waals surface area contributed by atoms with Crippen LogP contribution in [0.5, 0.6) is 0 Å². The molecule has 1 aliphatic rings. The Balaban J connectivity index is 2.07. The lowest BCUT2D eigenvalue weighted by atomic mass is 10.1. The van der Waals surface area contributed by atoms with Crippen molar-refractivity contribution in [3.8, 4) is 0 Å². The van der Waals surface area contributed by atoms with E-state index in [0.29, 0.717) is 13.0 Å². The van der Waals surface area contributed by atoms with Crippen molar-refractivity contribution in [1.29, 1.82) is 0 Å². The van der Waals surface area contributed by atoms with Crippen LogP contribution in [-0.4, -0.2) is 44.6 Å². The first kappa shape index (κ1) is 13.3. The van der Waals surface area contributed by atoms with E-state index in [1.165, 1.54) is 16.2 Å². The van der Waals surface area contributed by atoms with Gasteiger partial charge in [0, 0.05) is 12.6 Å². The monoisotopic (exact) mass is 272 g/mol. The number of aliphatic hydroxyl groups is 1. The Bertz CT molecular complexity index is 421. The maximum Gasteiger partial charge on any atom is 0.409 e. The first-order chi connectivity index (χ1) is 8.42. The molecule has 18 heavy (non-hydrogen) atoms. The van der Waals surface area contributed by atoms with Gasteiger partial charge in [-0.25, -0.2) is 4.79 Å². The number of amides is 1. The van der Waals surface area contributed by atoms with Crippen LogP contribution in [0, 0.1) is 0 Å². The second-order valence-corrected chi connectivity index (χ2v) is 5.64. The molecule has 2 atom stereocenters. The normalized spacial score (nSPS) is 24.2. The number of aromatic nitrogens is 1. The van der Waals surface area contributed by atoms with E-state index in [-0.39, 0.29) is 6.04 Å². The van der Waals surface area contributed by atoms with Crippen LogP contribution in [0.25, 0.3) is 0 Å². The van der Waals surface area contributed by atoms with Crippen LogP contribution >= 0.6 is 11.3 Å². The number of nitrogens with zero attached hydrogens (tertiary/aromatic N) is 2. The average molecular weight is 272 g/mol. The van der Waals surface area contributed by atoms with Gasteiger partial charge in [0.1, 0.15) is 5.72 Å². The molecule has 2 N–H and O–H groups in total. The van der Waals surface area contributed by atoms with Crippen molar-refractivity contribution in [3.63, 3.8) is 0 Å². The SMILES string of the molecule is CC1(C)OC[C@H](C[C@@H](O)c2cncs2)N1C(=O)O. The third-order valence-corrected chi connectivity index (χ3v) is 3.93. The Labute approximate surface area is 109 Å². The van der Waals surface area contributed by atoms with Crippen molar-refractivity contribution in [2.24, 2.45) is 0 Å². The van der Waals surface area contributed by atoms with Crippen molar-refractivity contribution < 1.29 is 19.7 Å². The largest absolute Gasteiger partial charge is 0.465 e. The summed E-state index contributed by atoms with van der Waals surface area (Å²) in [5.41, 5.74) is 0.798. The Morgan fingerprint density at radius 1 is 1.78 bits per heavy atom. The molecule has 1 aliphatic heterocycles. The van der Waals surface area contributed by atoms with Gasteiger partial charge in [0.05, 0.1) is 29.1 Å². The lowest BCUT2D eigenvalue weighted by Crippen LogP contribution is -2.47. The highest BCUT2D eigenvalue weighted by Gasteiger charge is 2.44. The molecule has 6 nitrogen and oxygen atoms in total. The summed E-state index contributed by atoms with van der Waals surface area (Å²) >= 11 is 1.36. The van der Waals surface area contributed by atoms with E-state index in [1.807, 2.05) is 0 Å². The van der Waals surface area contributed by atoms with Crippen LogP contribution in [0.3, 0.4) is 0 Å². The summed E-state index contributed by atoms with van der Waals surface area (Å²) in [6.07, 6.45) is 0.181. The number of carboxylic acid groups (broad SMARTS) is 1. The van der Waals surface area contributed by atoms with Crippen molar-refractivity contribution >= 4 is 17.4 Å². The van der Waals surface area contributed by atoms with Gasteiger partial charge in [-0.1, -0.05) is 0 Å². The zero-order valence-electron chi connectivity index (χ0n) is 10.2. The summed E-state index contributed by atoms with van der Waals surface area (Å²) < 4.78 is 5.47. The number of rotatable bonds is 3. The minimum atomic E-state index is -1.03. The van der Waals surface area contributed by atoms with Gasteiger partial charge in [-0.15, -0.1) is 11.3 Å². The molecule has 100 valence electrons. The molecule has 0 aromatic carbocycles. The van der Waals surface area contributed by atoms with Crippen LogP contribution in [0.15, 0.2) is 11.7 Å². The minimum Gasteiger partial charge on any atom is -0.465 e. The number of aliphatic hydroxyl groups excluding tert-OH is 1. The second kappa shape index (κ2) is 4.83. The quantitative estimate of drug-likeness (QED) is 0.874. The lowest BCUT2D eigenvalue weighted by molar-refractivity contribution is -0.0430. The molecule has 1 saturated heterocycles. The van der Waals surface area contributed by atoms with Crippen LogP contribution < -0.4 is 0 Å². The fourth-order valence-corrected chi connectivity index (χ4v) is 2.83. The molecule has 0 radical (unpaired) electrons. The molecule has 0 unspecified atom stereocenters. The molecular formula is C11H16N2O4S. The fraction of sp³-hybridized carbons (Fsp3) is 0.636. The third kappa shape index (κ3) is 2.47. The summed E-state index contributed by atoms with van der Waals surface area (Å²) in [6, 6.07) is -0.338. The van der Waals surface area contributed by atoms with Gasteiger partial charge in [-0.05, 0) is 13.8 Å². The van der Waals surface area contributed by atoms with Crippen LogP contribution in [0.2, 0.25) is 0 Å². The van der Waals surface area contributed by atoms with E-state index >= 15 is 0 Å². The highest BCUT2D eigenvalue weighted by molar-refractivity contribution is 7.09. The summed E-state index contributed by atoms with van der Waals surface area (Å²) in [5.74, 6) is 0. The molecule has 2 heterocycles. The van der Waals surface area contributed by atoms with E-state index in [4.69, 9.17) is 4.74 Å². The number of carbonyl (C=O) groups is 1. The topological polar surface area (TPSA) is 82.9 Å². The maximum atomic E-state index is 11.3. The minimum absolute atomic E-state index is 0.301. The smallest absolute Gasteiger partial charge is 0.409 e. The van der Waals surface area contributed by atoms with Gasteiger partial charge in [0.2, 0.25) is 0 Å². The summed E-state index contributed by atoms with van der Waals surface area (Å²) in [7, 11) is 0. The van der Waals surface area contributed by atoms with E-state index in [0.717, 1.165) is 4.88 Å². The van der Waals surface area contributed by atoms with Crippen molar-refractivity contribution in [1.82, 2.24) is 9.88 Å². The number of ether oxygens (including phenoxy) is 1. The predicted molar refractivity (Wildman–Crippen MR) is 65.4 cm³/mol.